The third-order valence-electron chi connectivity index (χ3n) is 5.63. The fourth-order valence-electron chi connectivity index (χ4n) is 3.67. The molecule has 0 spiro atoms. The second-order valence-corrected chi connectivity index (χ2v) is 8.80. The Bertz CT molecular complexity index is 1330. The number of ether oxygens (including phenoxy) is 2. The van der Waals surface area contributed by atoms with Crippen molar-refractivity contribution < 1.29 is 19.1 Å². The lowest BCUT2D eigenvalue weighted by atomic mass is 10.0. The maximum atomic E-state index is 13.0. The van der Waals surface area contributed by atoms with Crippen molar-refractivity contribution in [2.45, 2.75) is 26.7 Å². The minimum Gasteiger partial charge on any atom is -0.493 e. The molecule has 0 bridgehead atoms. The molecule has 3 aromatic rings. The summed E-state index contributed by atoms with van der Waals surface area (Å²) in [7, 11) is 1.46. The van der Waals surface area contributed by atoms with Gasteiger partial charge in [0.15, 0.2) is 11.5 Å². The van der Waals surface area contributed by atoms with E-state index in [9.17, 15) is 9.59 Å². The van der Waals surface area contributed by atoms with Crippen molar-refractivity contribution in [2.24, 2.45) is 5.10 Å². The number of nitrogens with zero attached hydrogens (tertiary/aromatic N) is 2. The number of rotatable bonds is 6. The van der Waals surface area contributed by atoms with Crippen LogP contribution in [0.5, 0.6) is 11.5 Å². The molecule has 0 saturated heterocycles. The van der Waals surface area contributed by atoms with Gasteiger partial charge in [0.2, 0.25) is 0 Å². The summed E-state index contributed by atoms with van der Waals surface area (Å²) in [6.07, 6.45) is 1.69. The van der Waals surface area contributed by atoms with Crippen LogP contribution in [0.15, 0.2) is 77.4 Å². The van der Waals surface area contributed by atoms with Crippen molar-refractivity contribution in [2.75, 3.05) is 12.1 Å². The van der Waals surface area contributed by atoms with E-state index in [1.807, 2.05) is 42.5 Å². The van der Waals surface area contributed by atoms with Crippen LogP contribution >= 0.6 is 11.6 Å². The van der Waals surface area contributed by atoms with Crippen molar-refractivity contribution in [3.8, 4) is 11.5 Å². The first-order valence-electron chi connectivity index (χ1n) is 11.1. The van der Waals surface area contributed by atoms with Crippen molar-refractivity contribution >= 4 is 41.0 Å². The highest BCUT2D eigenvalue weighted by atomic mass is 35.5. The van der Waals surface area contributed by atoms with Crippen LogP contribution in [0.2, 0.25) is 5.02 Å². The summed E-state index contributed by atoms with van der Waals surface area (Å²) >= 11 is 6.48. The highest BCUT2D eigenvalue weighted by molar-refractivity contribution is 6.33. The number of carbonyl (C=O) groups is 2. The van der Waals surface area contributed by atoms with Gasteiger partial charge in [0, 0.05) is 0 Å². The molecular weight excluding hydrogens is 464 g/mol. The van der Waals surface area contributed by atoms with E-state index >= 15 is 0 Å². The first-order chi connectivity index (χ1) is 16.8. The predicted octanol–water partition coefficient (Wildman–Crippen LogP) is 6.50. The molecule has 7 heteroatoms. The Labute approximate surface area is 209 Å². The molecule has 1 aliphatic rings. The van der Waals surface area contributed by atoms with E-state index in [2.05, 4.69) is 18.9 Å². The van der Waals surface area contributed by atoms with Gasteiger partial charge in [0.25, 0.3) is 5.91 Å². The first kappa shape index (κ1) is 24.2. The number of halogens is 1. The monoisotopic (exact) mass is 488 g/mol. The molecule has 1 amide bonds. The molecular formula is C28H25ClN2O4. The number of hydrogen-bond acceptors (Lipinski definition) is 5. The van der Waals surface area contributed by atoms with Gasteiger partial charge in [-0.3, -0.25) is 4.79 Å². The zero-order valence-electron chi connectivity index (χ0n) is 19.9. The third kappa shape index (κ3) is 5.12. The highest BCUT2D eigenvalue weighted by Gasteiger charge is 2.29. The average Bonchev–Trinajstić information content (AvgIpc) is 3.14. The number of benzene rings is 3. The summed E-state index contributed by atoms with van der Waals surface area (Å²) in [6.45, 7) is 5.94. The molecule has 0 aliphatic carbocycles. The molecule has 1 heterocycles. The third-order valence-corrected chi connectivity index (χ3v) is 5.91. The van der Waals surface area contributed by atoms with Crippen molar-refractivity contribution in [3.05, 3.63) is 94.0 Å². The largest absolute Gasteiger partial charge is 0.493 e. The molecule has 0 fully saturated rings. The zero-order valence-corrected chi connectivity index (χ0v) is 20.7. The van der Waals surface area contributed by atoms with E-state index in [0.29, 0.717) is 34.0 Å². The van der Waals surface area contributed by atoms with E-state index in [1.165, 1.54) is 12.1 Å². The number of hydrazone groups is 1. The number of para-hydroxylation sites is 1. The normalized spacial score (nSPS) is 14.5. The maximum absolute atomic E-state index is 13.0. The number of methoxy groups -OCH3 is 1. The van der Waals surface area contributed by atoms with E-state index in [-0.39, 0.29) is 22.4 Å². The van der Waals surface area contributed by atoms with E-state index in [0.717, 1.165) is 5.56 Å². The molecule has 0 saturated carbocycles. The van der Waals surface area contributed by atoms with Gasteiger partial charge >= 0.3 is 5.97 Å². The van der Waals surface area contributed by atoms with Crippen LogP contribution in [0.4, 0.5) is 5.69 Å². The predicted molar refractivity (Wildman–Crippen MR) is 139 cm³/mol. The Balaban J connectivity index is 1.59. The smallest absolute Gasteiger partial charge is 0.343 e. The second-order valence-electron chi connectivity index (χ2n) is 8.40. The number of amides is 1. The Kier molecular flexibility index (Phi) is 7.03. The summed E-state index contributed by atoms with van der Waals surface area (Å²) in [5.74, 6) is -0.0422. The number of hydrogen-bond donors (Lipinski definition) is 0. The molecule has 178 valence electrons. The summed E-state index contributed by atoms with van der Waals surface area (Å²) in [5, 5.41) is 5.93. The lowest BCUT2D eigenvalue weighted by molar-refractivity contribution is -0.114. The van der Waals surface area contributed by atoms with Gasteiger partial charge < -0.3 is 9.47 Å². The molecule has 0 N–H and O–H groups in total. The lowest BCUT2D eigenvalue weighted by Gasteiger charge is -2.13. The molecule has 4 rings (SSSR count). The summed E-state index contributed by atoms with van der Waals surface area (Å²) < 4.78 is 11.0. The van der Waals surface area contributed by atoms with Crippen LogP contribution in [-0.2, 0) is 4.79 Å². The number of anilines is 1. The fraction of sp³-hybridized carbons (Fsp3) is 0.179. The van der Waals surface area contributed by atoms with Crippen LogP contribution < -0.4 is 14.5 Å². The standard InChI is InChI=1S/C28H25ClN2O4/c1-17(2)20-10-12-21(13-11-20)28(33)35-26-24(29)15-19(16-25(26)34-4)14-23-18(3)30-31(27(23)32)22-8-6-5-7-9-22/h5-17H,1-4H3. The molecule has 6 nitrogen and oxygen atoms in total. The zero-order chi connectivity index (χ0) is 25.1. The first-order valence-corrected chi connectivity index (χ1v) is 11.5. The van der Waals surface area contributed by atoms with Crippen molar-refractivity contribution in [1.29, 1.82) is 0 Å². The van der Waals surface area contributed by atoms with Gasteiger partial charge in [-0.1, -0.05) is 55.8 Å². The summed E-state index contributed by atoms with van der Waals surface area (Å²) in [5.41, 5.74) is 3.83. The van der Waals surface area contributed by atoms with Crippen LogP contribution in [0.25, 0.3) is 6.08 Å². The minimum atomic E-state index is -0.543. The van der Waals surface area contributed by atoms with Crippen LogP contribution in [-0.4, -0.2) is 24.7 Å². The Morgan fingerprint density at radius 3 is 2.37 bits per heavy atom. The van der Waals surface area contributed by atoms with E-state index in [4.69, 9.17) is 21.1 Å². The number of carbonyl (C=O) groups excluding carboxylic acids is 2. The van der Waals surface area contributed by atoms with Crippen LogP contribution in [0, 0.1) is 0 Å². The quantitative estimate of drug-likeness (QED) is 0.226. The maximum Gasteiger partial charge on any atom is 0.343 e. The van der Waals surface area contributed by atoms with Crippen molar-refractivity contribution in [3.63, 3.8) is 0 Å². The minimum absolute atomic E-state index is 0.114. The number of esters is 1. The Morgan fingerprint density at radius 1 is 1.06 bits per heavy atom. The second kappa shape index (κ2) is 10.2. The molecule has 35 heavy (non-hydrogen) atoms. The van der Waals surface area contributed by atoms with Crippen LogP contribution in [0.3, 0.4) is 0 Å². The molecule has 0 radical (unpaired) electrons. The molecule has 0 atom stereocenters. The Morgan fingerprint density at radius 2 is 1.74 bits per heavy atom. The van der Waals surface area contributed by atoms with Gasteiger partial charge in [-0.25, -0.2) is 4.79 Å². The fourth-order valence-corrected chi connectivity index (χ4v) is 3.93. The molecule has 0 unspecified atom stereocenters. The van der Waals surface area contributed by atoms with Gasteiger partial charge in [-0.05, 0) is 66.4 Å². The van der Waals surface area contributed by atoms with Gasteiger partial charge in [0.05, 0.1) is 34.7 Å². The molecule has 3 aromatic carbocycles. The average molecular weight is 489 g/mol. The highest BCUT2D eigenvalue weighted by Crippen LogP contribution is 2.38. The Hall–Kier alpha value is -3.90. The van der Waals surface area contributed by atoms with E-state index in [1.54, 1.807) is 37.3 Å². The summed E-state index contributed by atoms with van der Waals surface area (Å²) in [4.78, 5) is 25.7. The lowest BCUT2D eigenvalue weighted by Crippen LogP contribution is -2.21. The van der Waals surface area contributed by atoms with Gasteiger partial charge in [-0.15, -0.1) is 0 Å². The SMILES string of the molecule is COc1cc(C=C2C(=O)N(c3ccccc3)N=C2C)cc(Cl)c1OC(=O)c1ccc(C(C)C)cc1. The van der Waals surface area contributed by atoms with Gasteiger partial charge in [0.1, 0.15) is 0 Å². The van der Waals surface area contributed by atoms with Crippen molar-refractivity contribution in [1.82, 2.24) is 0 Å². The molecule has 0 aromatic heterocycles. The topological polar surface area (TPSA) is 68.2 Å². The molecule has 1 aliphatic heterocycles. The van der Waals surface area contributed by atoms with Gasteiger partial charge in [-0.2, -0.15) is 10.1 Å². The van der Waals surface area contributed by atoms with E-state index < -0.39 is 5.97 Å². The van der Waals surface area contributed by atoms with Crippen LogP contribution in [0.1, 0.15) is 48.2 Å². The summed E-state index contributed by atoms with van der Waals surface area (Å²) in [6, 6.07) is 19.7.